The van der Waals surface area contributed by atoms with Gasteiger partial charge in [-0.3, -0.25) is 0 Å². The average molecular weight is 305 g/mol. The Hall–Kier alpha value is -2.43. The number of hydrogen-bond donors (Lipinski definition) is 0. The van der Waals surface area contributed by atoms with E-state index in [0.29, 0.717) is 5.56 Å². The highest BCUT2D eigenvalue weighted by Crippen LogP contribution is 2.35. The van der Waals surface area contributed by atoms with Gasteiger partial charge in [-0.15, -0.1) is 0 Å². The zero-order valence-corrected chi connectivity index (χ0v) is 11.3. The summed E-state index contributed by atoms with van der Waals surface area (Å²) in [5.74, 6) is 0. The smallest absolute Gasteiger partial charge is 0.246 e. The molecule has 0 aliphatic rings. The Kier molecular flexibility index (Phi) is 3.79. The molecule has 1 aromatic heterocycles. The largest absolute Gasteiger partial charge is 0.280 e. The Balaban J connectivity index is 2.36. The summed E-state index contributed by atoms with van der Waals surface area (Å²) in [5.41, 5.74) is 0.417. The number of pyridine rings is 1. The van der Waals surface area contributed by atoms with E-state index in [4.69, 9.17) is 0 Å². The lowest BCUT2D eigenvalue weighted by molar-refractivity contribution is 0.141. The van der Waals surface area contributed by atoms with Gasteiger partial charge in [-0.2, -0.15) is 0 Å². The minimum absolute atomic E-state index is 0.168. The normalized spacial score (nSPS) is 11.5. The molecule has 0 N–H and O–H groups in total. The van der Waals surface area contributed by atoms with Gasteiger partial charge < -0.3 is 0 Å². The lowest BCUT2D eigenvalue weighted by atomic mass is 9.99. The second-order valence-corrected chi connectivity index (χ2v) is 4.81. The van der Waals surface area contributed by atoms with Crippen molar-refractivity contribution in [1.29, 1.82) is 0 Å². The standard InChI is InChI=1S/C17H11F4N/c18-16(19)13-9-14(17(20)21)22-15-11(7-4-8-12(13)15)10-5-2-1-3-6-10/h1-9,16-17H. The third kappa shape index (κ3) is 2.54. The van der Waals surface area contributed by atoms with Crippen molar-refractivity contribution in [2.24, 2.45) is 0 Å². The Labute approximate surface area is 124 Å². The molecular formula is C17H11F4N. The van der Waals surface area contributed by atoms with Crippen molar-refractivity contribution in [3.63, 3.8) is 0 Å². The van der Waals surface area contributed by atoms with Gasteiger partial charge in [0.25, 0.3) is 12.9 Å². The van der Waals surface area contributed by atoms with Crippen molar-refractivity contribution >= 4 is 10.9 Å². The molecule has 3 aromatic rings. The lowest BCUT2D eigenvalue weighted by Crippen LogP contribution is -1.98. The Morgan fingerprint density at radius 1 is 0.773 bits per heavy atom. The zero-order chi connectivity index (χ0) is 15.7. The summed E-state index contributed by atoms with van der Waals surface area (Å²) in [6, 6.07) is 14.5. The van der Waals surface area contributed by atoms with Crippen molar-refractivity contribution < 1.29 is 17.6 Å². The van der Waals surface area contributed by atoms with Crippen molar-refractivity contribution in [3.8, 4) is 11.1 Å². The first-order chi connectivity index (χ1) is 10.6. The molecule has 3 rings (SSSR count). The fourth-order valence-electron chi connectivity index (χ4n) is 2.44. The number of rotatable bonds is 3. The molecule has 0 aliphatic heterocycles. The van der Waals surface area contributed by atoms with E-state index in [9.17, 15) is 17.6 Å². The summed E-state index contributed by atoms with van der Waals surface area (Å²) in [5, 5.41) is 0.195. The van der Waals surface area contributed by atoms with Crippen molar-refractivity contribution in [2.75, 3.05) is 0 Å². The number of nitrogens with zero attached hydrogens (tertiary/aromatic N) is 1. The van der Waals surface area contributed by atoms with E-state index >= 15 is 0 Å². The van der Waals surface area contributed by atoms with Crippen molar-refractivity contribution in [3.05, 3.63) is 65.9 Å². The molecule has 0 saturated carbocycles. The van der Waals surface area contributed by atoms with Crippen LogP contribution in [0.2, 0.25) is 0 Å². The molecule has 0 amide bonds. The Morgan fingerprint density at radius 2 is 1.50 bits per heavy atom. The molecule has 0 unspecified atom stereocenters. The third-order valence-electron chi connectivity index (χ3n) is 3.43. The minimum atomic E-state index is -2.90. The second kappa shape index (κ2) is 5.75. The van der Waals surface area contributed by atoms with Crippen LogP contribution in [0.25, 0.3) is 22.0 Å². The molecule has 0 aliphatic carbocycles. The van der Waals surface area contributed by atoms with Gasteiger partial charge in [0.05, 0.1) is 5.52 Å². The van der Waals surface area contributed by atoms with E-state index in [-0.39, 0.29) is 10.9 Å². The maximum absolute atomic E-state index is 13.2. The molecule has 22 heavy (non-hydrogen) atoms. The molecular weight excluding hydrogens is 294 g/mol. The van der Waals surface area contributed by atoms with Gasteiger partial charge in [0.1, 0.15) is 5.69 Å². The summed E-state index contributed by atoms with van der Waals surface area (Å²) in [7, 11) is 0. The summed E-state index contributed by atoms with van der Waals surface area (Å²) in [6.07, 6.45) is -5.74. The van der Waals surface area contributed by atoms with E-state index < -0.39 is 24.1 Å². The van der Waals surface area contributed by atoms with Crippen molar-refractivity contribution in [2.45, 2.75) is 12.9 Å². The molecule has 112 valence electrons. The summed E-state index contributed by atoms with van der Waals surface area (Å²) in [6.45, 7) is 0. The van der Waals surface area contributed by atoms with Crippen LogP contribution in [-0.2, 0) is 0 Å². The van der Waals surface area contributed by atoms with E-state index in [1.54, 1.807) is 36.4 Å². The van der Waals surface area contributed by atoms with Gasteiger partial charge in [0.15, 0.2) is 0 Å². The molecule has 0 spiro atoms. The number of benzene rings is 2. The highest BCUT2D eigenvalue weighted by Gasteiger charge is 2.20. The average Bonchev–Trinajstić information content (AvgIpc) is 2.53. The Bertz CT molecular complexity index is 800. The van der Waals surface area contributed by atoms with Gasteiger partial charge in [-0.25, -0.2) is 22.5 Å². The van der Waals surface area contributed by atoms with Crippen molar-refractivity contribution in [1.82, 2.24) is 4.98 Å². The maximum atomic E-state index is 13.2. The van der Waals surface area contributed by atoms with Crippen LogP contribution in [0.3, 0.4) is 0 Å². The predicted octanol–water partition coefficient (Wildman–Crippen LogP) is 5.78. The molecule has 0 atom stereocenters. The number of aromatic nitrogens is 1. The Morgan fingerprint density at radius 3 is 2.14 bits per heavy atom. The second-order valence-electron chi connectivity index (χ2n) is 4.81. The van der Waals surface area contributed by atoms with E-state index in [2.05, 4.69) is 4.98 Å². The van der Waals surface area contributed by atoms with Crippen LogP contribution in [0.1, 0.15) is 24.1 Å². The first kappa shape index (κ1) is 14.5. The van der Waals surface area contributed by atoms with E-state index in [1.165, 1.54) is 6.07 Å². The van der Waals surface area contributed by atoms with E-state index in [1.807, 2.05) is 6.07 Å². The molecule has 0 saturated heterocycles. The highest BCUT2D eigenvalue weighted by molar-refractivity contribution is 5.95. The molecule has 5 heteroatoms. The molecule has 0 radical (unpaired) electrons. The number of para-hydroxylation sites is 1. The fourth-order valence-corrected chi connectivity index (χ4v) is 2.44. The molecule has 0 bridgehead atoms. The van der Waals surface area contributed by atoms with Gasteiger partial charge in [-0.05, 0) is 11.6 Å². The minimum Gasteiger partial charge on any atom is -0.246 e. The van der Waals surface area contributed by atoms with Crippen LogP contribution < -0.4 is 0 Å². The van der Waals surface area contributed by atoms with Crippen LogP contribution in [0, 0.1) is 0 Å². The number of alkyl halides is 4. The van der Waals surface area contributed by atoms with Crippen LogP contribution in [0.4, 0.5) is 17.6 Å². The van der Waals surface area contributed by atoms with Gasteiger partial charge in [0, 0.05) is 16.5 Å². The topological polar surface area (TPSA) is 12.9 Å². The monoisotopic (exact) mass is 305 g/mol. The summed E-state index contributed by atoms with van der Waals surface area (Å²) in [4.78, 5) is 3.91. The van der Waals surface area contributed by atoms with Gasteiger partial charge in [-0.1, -0.05) is 48.5 Å². The maximum Gasteiger partial charge on any atom is 0.280 e. The summed E-state index contributed by atoms with van der Waals surface area (Å²) < 4.78 is 52.3. The molecule has 1 nitrogen and oxygen atoms in total. The van der Waals surface area contributed by atoms with Crippen LogP contribution in [0.15, 0.2) is 54.6 Å². The van der Waals surface area contributed by atoms with E-state index in [0.717, 1.165) is 11.6 Å². The van der Waals surface area contributed by atoms with Crippen LogP contribution in [0.5, 0.6) is 0 Å². The lowest BCUT2D eigenvalue weighted by Gasteiger charge is -2.12. The summed E-state index contributed by atoms with van der Waals surface area (Å²) >= 11 is 0. The SMILES string of the molecule is FC(F)c1cc(C(F)F)c2cccc(-c3ccccc3)c2n1. The predicted molar refractivity (Wildman–Crippen MR) is 77.1 cm³/mol. The molecule has 2 aromatic carbocycles. The van der Waals surface area contributed by atoms with Gasteiger partial charge >= 0.3 is 0 Å². The van der Waals surface area contributed by atoms with Crippen LogP contribution in [-0.4, -0.2) is 4.98 Å². The quantitative estimate of drug-likeness (QED) is 0.559. The number of fused-ring (bicyclic) bond motifs is 1. The number of halogens is 4. The fraction of sp³-hybridized carbons (Fsp3) is 0.118. The highest BCUT2D eigenvalue weighted by atomic mass is 19.3. The third-order valence-corrected chi connectivity index (χ3v) is 3.43. The zero-order valence-electron chi connectivity index (χ0n) is 11.3. The first-order valence-electron chi connectivity index (χ1n) is 6.63. The number of hydrogen-bond acceptors (Lipinski definition) is 1. The molecule has 0 fully saturated rings. The van der Waals surface area contributed by atoms with Crippen LogP contribution >= 0.6 is 0 Å². The van der Waals surface area contributed by atoms with Gasteiger partial charge in [0.2, 0.25) is 0 Å². The molecule has 1 heterocycles. The first-order valence-corrected chi connectivity index (χ1v) is 6.63.